The molecule has 0 aromatic rings. The average Bonchev–Trinajstić information content (AvgIpc) is 2.25. The van der Waals surface area contributed by atoms with E-state index in [1.807, 2.05) is 0 Å². The molecule has 0 aromatic heterocycles. The normalized spacial score (nSPS) is 18.3. The molecule has 122 valence electrons. The van der Waals surface area contributed by atoms with Crippen molar-refractivity contribution in [3.63, 3.8) is 0 Å². The molecule has 0 aliphatic carbocycles. The van der Waals surface area contributed by atoms with Gasteiger partial charge < -0.3 is 0 Å². The van der Waals surface area contributed by atoms with E-state index >= 15 is 0 Å². The van der Waals surface area contributed by atoms with E-state index in [1.54, 1.807) is 0 Å². The molecule has 0 nitrogen and oxygen atoms in total. The highest BCUT2D eigenvalue weighted by Crippen LogP contribution is 2.58. The summed E-state index contributed by atoms with van der Waals surface area (Å²) in [5.41, 5.74) is -5.55. The summed E-state index contributed by atoms with van der Waals surface area (Å²) in [5, 5.41) is 0. The van der Waals surface area contributed by atoms with Gasteiger partial charge in [0.1, 0.15) is 0 Å². The second-order valence-electron chi connectivity index (χ2n) is 3.74. The summed E-state index contributed by atoms with van der Waals surface area (Å²) in [6.45, 7) is 0.169. The molecule has 0 N–H and O–H groups in total. The first-order chi connectivity index (χ1) is 8.50. The van der Waals surface area contributed by atoms with E-state index in [9.17, 15) is 52.7 Å². The van der Waals surface area contributed by atoms with Crippen LogP contribution in [0.15, 0.2) is 0 Å². The maximum Gasteiger partial charge on any atom is 0.460 e. The van der Waals surface area contributed by atoms with E-state index in [-0.39, 0.29) is 6.92 Å². The molecule has 0 aromatic carbocycles. The standard InChI is InChI=1S/C8H6F12/c1-2-4(11,3(9)10)5(12,13)6(14,15)7(16,17)8(18,19)20/h3H,2H2,1H3. The molecular formula is C8H6F12. The van der Waals surface area contributed by atoms with Crippen molar-refractivity contribution in [2.45, 2.75) is 49.4 Å². The summed E-state index contributed by atoms with van der Waals surface area (Å²) in [6, 6.07) is 0. The van der Waals surface area contributed by atoms with E-state index in [2.05, 4.69) is 0 Å². The third-order valence-corrected chi connectivity index (χ3v) is 2.53. The Bertz CT molecular complexity index is 327. The molecule has 0 fully saturated rings. The smallest absolute Gasteiger partial charge is 0.231 e. The molecule has 0 saturated heterocycles. The van der Waals surface area contributed by atoms with E-state index in [0.29, 0.717) is 0 Å². The SMILES string of the molecule is CCC(F)(C(F)F)C(F)(F)C(F)(F)C(F)(F)C(F)(F)F. The first-order valence-electron chi connectivity index (χ1n) is 4.68. The van der Waals surface area contributed by atoms with Gasteiger partial charge in [0.2, 0.25) is 5.67 Å². The fourth-order valence-electron chi connectivity index (χ4n) is 1.15. The summed E-state index contributed by atoms with van der Waals surface area (Å²) in [6.07, 6.45) is -14.2. The van der Waals surface area contributed by atoms with Crippen LogP contribution in [0.5, 0.6) is 0 Å². The van der Waals surface area contributed by atoms with Crippen LogP contribution in [0.25, 0.3) is 0 Å². The van der Waals surface area contributed by atoms with Crippen LogP contribution in [0.2, 0.25) is 0 Å². The lowest BCUT2D eigenvalue weighted by Crippen LogP contribution is -2.68. The minimum Gasteiger partial charge on any atom is -0.231 e. The number of halogens is 12. The van der Waals surface area contributed by atoms with Crippen LogP contribution in [0.1, 0.15) is 13.3 Å². The molecule has 0 amide bonds. The molecule has 0 radical (unpaired) electrons. The summed E-state index contributed by atoms with van der Waals surface area (Å²) >= 11 is 0. The van der Waals surface area contributed by atoms with Crippen LogP contribution in [0.4, 0.5) is 52.7 Å². The van der Waals surface area contributed by atoms with Crippen molar-refractivity contribution < 1.29 is 52.7 Å². The van der Waals surface area contributed by atoms with Crippen LogP contribution >= 0.6 is 0 Å². The lowest BCUT2D eigenvalue weighted by Gasteiger charge is -2.40. The Morgan fingerprint density at radius 2 is 1.00 bits per heavy atom. The highest BCUT2D eigenvalue weighted by atomic mass is 19.4. The van der Waals surface area contributed by atoms with Crippen LogP contribution in [0.3, 0.4) is 0 Å². The molecule has 0 saturated carbocycles. The number of alkyl halides is 12. The number of hydrogen-bond donors (Lipinski definition) is 0. The Hall–Kier alpha value is -0.840. The Morgan fingerprint density at radius 1 is 0.650 bits per heavy atom. The van der Waals surface area contributed by atoms with Gasteiger partial charge >= 0.3 is 23.9 Å². The Labute approximate surface area is 103 Å². The topological polar surface area (TPSA) is 0 Å². The zero-order valence-electron chi connectivity index (χ0n) is 9.32. The third-order valence-electron chi connectivity index (χ3n) is 2.53. The number of rotatable bonds is 5. The van der Waals surface area contributed by atoms with Crippen LogP contribution in [-0.4, -0.2) is 36.0 Å². The van der Waals surface area contributed by atoms with E-state index in [4.69, 9.17) is 0 Å². The zero-order valence-corrected chi connectivity index (χ0v) is 9.32. The van der Waals surface area contributed by atoms with Crippen molar-refractivity contribution in [2.75, 3.05) is 0 Å². The molecule has 1 atom stereocenters. The van der Waals surface area contributed by atoms with Crippen molar-refractivity contribution in [2.24, 2.45) is 0 Å². The molecular weight excluding hydrogens is 324 g/mol. The molecule has 0 aliphatic heterocycles. The second-order valence-corrected chi connectivity index (χ2v) is 3.74. The molecule has 1 unspecified atom stereocenters. The monoisotopic (exact) mass is 330 g/mol. The van der Waals surface area contributed by atoms with Gasteiger partial charge in [-0.15, -0.1) is 0 Å². The van der Waals surface area contributed by atoms with Crippen molar-refractivity contribution in [3.8, 4) is 0 Å². The summed E-state index contributed by atoms with van der Waals surface area (Å²) in [5.74, 6) is -21.8. The Kier molecular flexibility index (Phi) is 4.66. The molecule has 0 aliphatic rings. The molecule has 0 spiro atoms. The minimum atomic E-state index is -7.40. The van der Waals surface area contributed by atoms with Gasteiger partial charge in [0.25, 0.3) is 6.43 Å². The van der Waals surface area contributed by atoms with Gasteiger partial charge in [-0.3, -0.25) is 0 Å². The van der Waals surface area contributed by atoms with Crippen molar-refractivity contribution in [1.29, 1.82) is 0 Å². The second kappa shape index (κ2) is 4.86. The molecule has 0 heterocycles. The first-order valence-corrected chi connectivity index (χ1v) is 4.68. The lowest BCUT2D eigenvalue weighted by molar-refractivity contribution is -0.417. The van der Waals surface area contributed by atoms with Crippen LogP contribution < -0.4 is 0 Å². The van der Waals surface area contributed by atoms with Crippen LogP contribution in [-0.2, 0) is 0 Å². The van der Waals surface area contributed by atoms with Gasteiger partial charge in [-0.2, -0.15) is 39.5 Å². The maximum absolute atomic E-state index is 13.2. The fourth-order valence-corrected chi connectivity index (χ4v) is 1.15. The van der Waals surface area contributed by atoms with Gasteiger partial charge in [-0.1, -0.05) is 6.92 Å². The predicted octanol–water partition coefficient (Wildman–Crippen LogP) is 4.84. The quantitative estimate of drug-likeness (QED) is 0.633. The van der Waals surface area contributed by atoms with E-state index < -0.39 is 42.5 Å². The summed E-state index contributed by atoms with van der Waals surface area (Å²) in [4.78, 5) is 0. The van der Waals surface area contributed by atoms with Crippen molar-refractivity contribution in [3.05, 3.63) is 0 Å². The first kappa shape index (κ1) is 19.2. The highest BCUT2D eigenvalue weighted by Gasteiger charge is 2.87. The Balaban J connectivity index is 6.05. The summed E-state index contributed by atoms with van der Waals surface area (Å²) < 4.78 is 148. The third kappa shape index (κ3) is 2.30. The lowest BCUT2D eigenvalue weighted by atomic mass is 9.87. The van der Waals surface area contributed by atoms with E-state index in [0.717, 1.165) is 0 Å². The summed E-state index contributed by atoms with van der Waals surface area (Å²) in [7, 11) is 0. The molecule has 12 heteroatoms. The van der Waals surface area contributed by atoms with Gasteiger partial charge in [0.05, 0.1) is 0 Å². The average molecular weight is 330 g/mol. The highest BCUT2D eigenvalue weighted by molar-refractivity contribution is 5.10. The van der Waals surface area contributed by atoms with E-state index in [1.165, 1.54) is 0 Å². The molecule has 0 rings (SSSR count). The van der Waals surface area contributed by atoms with Gasteiger partial charge in [-0.05, 0) is 6.42 Å². The van der Waals surface area contributed by atoms with Gasteiger partial charge in [0.15, 0.2) is 0 Å². The van der Waals surface area contributed by atoms with Gasteiger partial charge in [-0.25, -0.2) is 13.2 Å². The van der Waals surface area contributed by atoms with Gasteiger partial charge in [0, 0.05) is 0 Å². The zero-order chi connectivity index (χ0) is 16.8. The fraction of sp³-hybridized carbons (Fsp3) is 1.00. The predicted molar refractivity (Wildman–Crippen MR) is 41.0 cm³/mol. The molecule has 20 heavy (non-hydrogen) atoms. The van der Waals surface area contributed by atoms with Crippen molar-refractivity contribution >= 4 is 0 Å². The maximum atomic E-state index is 13.2. The van der Waals surface area contributed by atoms with Crippen molar-refractivity contribution in [1.82, 2.24) is 0 Å². The van der Waals surface area contributed by atoms with Crippen LogP contribution in [0, 0.1) is 0 Å². The minimum absolute atomic E-state index is 0.169. The number of hydrogen-bond acceptors (Lipinski definition) is 0. The Morgan fingerprint density at radius 3 is 1.20 bits per heavy atom. The molecule has 0 bridgehead atoms. The largest absolute Gasteiger partial charge is 0.460 e.